The number of hydrogen-bond donors (Lipinski definition) is 1. The number of nitrogens with one attached hydrogen (secondary N) is 1. The maximum absolute atomic E-state index is 12.1. The van der Waals surface area contributed by atoms with E-state index in [0.29, 0.717) is 6.54 Å². The van der Waals surface area contributed by atoms with Gasteiger partial charge in [-0.2, -0.15) is 0 Å². The number of halogens is 1. The lowest BCUT2D eigenvalue weighted by molar-refractivity contribution is 0.156. The van der Waals surface area contributed by atoms with Crippen LogP contribution in [0.15, 0.2) is 4.99 Å². The molecular formula is C15H30IN3O3S. The molecule has 1 unspecified atom stereocenters. The van der Waals surface area contributed by atoms with Crippen LogP contribution in [0, 0.1) is 5.41 Å². The van der Waals surface area contributed by atoms with E-state index < -0.39 is 14.6 Å². The van der Waals surface area contributed by atoms with Crippen LogP contribution in [0.2, 0.25) is 0 Å². The number of nitrogens with zero attached hydrogens (tertiary/aromatic N) is 2. The largest absolute Gasteiger partial charge is 0.381 e. The molecule has 6 nitrogen and oxygen atoms in total. The Morgan fingerprint density at radius 3 is 2.57 bits per heavy atom. The molecule has 2 fully saturated rings. The number of likely N-dealkylation sites (tertiary alicyclic amines) is 1. The van der Waals surface area contributed by atoms with E-state index in [2.05, 4.69) is 15.2 Å². The first-order valence-electron chi connectivity index (χ1n) is 7.95. The molecule has 23 heavy (non-hydrogen) atoms. The average Bonchev–Trinajstić information content (AvgIpc) is 3.04. The standard InChI is InChI=1S/C15H29N3O3S.HI/c1-14(2,3)22(19,20)10-7-17-13(16-4)18-8-5-15(11-18)6-9-21-12-15;/h5-12H2,1-4H3,(H,16,17);1H. The van der Waals surface area contributed by atoms with E-state index in [1.165, 1.54) is 0 Å². The van der Waals surface area contributed by atoms with Gasteiger partial charge in [-0.05, 0) is 33.6 Å². The summed E-state index contributed by atoms with van der Waals surface area (Å²) < 4.78 is 29.1. The van der Waals surface area contributed by atoms with E-state index in [4.69, 9.17) is 4.74 Å². The number of hydrogen-bond acceptors (Lipinski definition) is 4. The minimum absolute atomic E-state index is 0. The van der Waals surface area contributed by atoms with E-state index in [1.54, 1.807) is 27.8 Å². The number of ether oxygens (including phenoxy) is 1. The minimum atomic E-state index is -3.10. The summed E-state index contributed by atoms with van der Waals surface area (Å²) in [6.45, 7) is 9.19. The van der Waals surface area contributed by atoms with Crippen molar-refractivity contribution >= 4 is 39.8 Å². The Balaban J connectivity index is 0.00000264. The van der Waals surface area contributed by atoms with E-state index in [9.17, 15) is 8.42 Å². The summed E-state index contributed by atoms with van der Waals surface area (Å²) in [5.74, 6) is 0.922. The topological polar surface area (TPSA) is 71.0 Å². The van der Waals surface area contributed by atoms with Gasteiger partial charge in [0.15, 0.2) is 15.8 Å². The quantitative estimate of drug-likeness (QED) is 0.394. The van der Waals surface area contributed by atoms with Gasteiger partial charge >= 0.3 is 0 Å². The van der Waals surface area contributed by atoms with Crippen LogP contribution in [0.25, 0.3) is 0 Å². The van der Waals surface area contributed by atoms with Crippen molar-refractivity contribution in [2.45, 2.75) is 38.4 Å². The molecule has 2 aliphatic heterocycles. The molecule has 1 spiro atoms. The summed E-state index contributed by atoms with van der Waals surface area (Å²) in [5.41, 5.74) is 0.273. The molecule has 0 aromatic carbocycles. The molecular weight excluding hydrogens is 429 g/mol. The zero-order valence-corrected chi connectivity index (χ0v) is 17.7. The van der Waals surface area contributed by atoms with Crippen molar-refractivity contribution in [2.24, 2.45) is 10.4 Å². The molecule has 1 atom stereocenters. The summed E-state index contributed by atoms with van der Waals surface area (Å²) in [6.07, 6.45) is 2.23. The molecule has 0 saturated carbocycles. The molecule has 0 amide bonds. The van der Waals surface area contributed by atoms with Crippen LogP contribution in [-0.2, 0) is 14.6 Å². The van der Waals surface area contributed by atoms with Gasteiger partial charge < -0.3 is 15.0 Å². The second-order valence-electron chi connectivity index (χ2n) is 7.38. The lowest BCUT2D eigenvalue weighted by Gasteiger charge is -2.25. The molecule has 0 aromatic rings. The Bertz CT molecular complexity index is 523. The van der Waals surface area contributed by atoms with E-state index in [0.717, 1.165) is 45.1 Å². The highest BCUT2D eigenvalue weighted by Gasteiger charge is 2.42. The van der Waals surface area contributed by atoms with Gasteiger partial charge in [-0.25, -0.2) is 8.42 Å². The predicted molar refractivity (Wildman–Crippen MR) is 104 cm³/mol. The second-order valence-corrected chi connectivity index (χ2v) is 10.2. The summed E-state index contributed by atoms with van der Waals surface area (Å²) >= 11 is 0. The molecule has 2 aliphatic rings. The van der Waals surface area contributed by atoms with Crippen LogP contribution < -0.4 is 5.32 Å². The van der Waals surface area contributed by atoms with Gasteiger partial charge in [-0.3, -0.25) is 4.99 Å². The lowest BCUT2D eigenvalue weighted by atomic mass is 9.87. The average molecular weight is 459 g/mol. The van der Waals surface area contributed by atoms with Crippen molar-refractivity contribution in [1.29, 1.82) is 0 Å². The third kappa shape index (κ3) is 4.94. The Hall–Kier alpha value is -0.0900. The molecule has 8 heteroatoms. The van der Waals surface area contributed by atoms with Crippen LogP contribution in [0.1, 0.15) is 33.6 Å². The van der Waals surface area contributed by atoms with Crippen LogP contribution in [0.4, 0.5) is 0 Å². The first kappa shape index (κ1) is 21.0. The van der Waals surface area contributed by atoms with Crippen LogP contribution in [0.5, 0.6) is 0 Å². The SMILES string of the molecule is CN=C(NCCS(=O)(=O)C(C)(C)C)N1CCC2(CCOC2)C1.I. The molecule has 0 aliphatic carbocycles. The summed E-state index contributed by atoms with van der Waals surface area (Å²) in [7, 11) is -1.36. The smallest absolute Gasteiger partial charge is 0.193 e. The molecule has 136 valence electrons. The zero-order chi connectivity index (χ0) is 16.4. The van der Waals surface area contributed by atoms with Crippen molar-refractivity contribution < 1.29 is 13.2 Å². The lowest BCUT2D eigenvalue weighted by Crippen LogP contribution is -2.44. The van der Waals surface area contributed by atoms with Crippen molar-refractivity contribution in [3.05, 3.63) is 0 Å². The highest BCUT2D eigenvalue weighted by molar-refractivity contribution is 14.0. The Morgan fingerprint density at radius 2 is 2.04 bits per heavy atom. The molecule has 1 N–H and O–H groups in total. The van der Waals surface area contributed by atoms with Crippen molar-refractivity contribution in [3.63, 3.8) is 0 Å². The van der Waals surface area contributed by atoms with Gasteiger partial charge in [0.1, 0.15) is 0 Å². The number of sulfone groups is 1. The molecule has 2 saturated heterocycles. The van der Waals surface area contributed by atoms with Gasteiger partial charge in [-0.15, -0.1) is 24.0 Å². The van der Waals surface area contributed by atoms with Gasteiger partial charge in [0, 0.05) is 38.7 Å². The van der Waals surface area contributed by atoms with Gasteiger partial charge in [0.2, 0.25) is 0 Å². The molecule has 0 radical (unpaired) electrons. The van der Waals surface area contributed by atoms with Crippen molar-refractivity contribution in [1.82, 2.24) is 10.2 Å². The molecule has 0 aromatic heterocycles. The van der Waals surface area contributed by atoms with Crippen molar-refractivity contribution in [2.75, 3.05) is 45.6 Å². The Labute approximate surface area is 157 Å². The Morgan fingerprint density at radius 1 is 1.35 bits per heavy atom. The van der Waals surface area contributed by atoms with E-state index >= 15 is 0 Å². The minimum Gasteiger partial charge on any atom is -0.381 e. The van der Waals surface area contributed by atoms with Crippen molar-refractivity contribution in [3.8, 4) is 0 Å². The number of guanidine groups is 1. The van der Waals surface area contributed by atoms with Gasteiger partial charge in [-0.1, -0.05) is 0 Å². The highest BCUT2D eigenvalue weighted by atomic mass is 127. The fraction of sp³-hybridized carbons (Fsp3) is 0.933. The fourth-order valence-electron chi connectivity index (χ4n) is 3.02. The highest BCUT2D eigenvalue weighted by Crippen LogP contribution is 2.38. The number of aliphatic imine (C=N–C) groups is 1. The second kappa shape index (κ2) is 7.86. The summed E-state index contributed by atoms with van der Waals surface area (Å²) in [5, 5.41) is 3.20. The third-order valence-corrected chi connectivity index (χ3v) is 7.33. The van der Waals surface area contributed by atoms with E-state index in [-0.39, 0.29) is 35.1 Å². The number of rotatable bonds is 3. The van der Waals surface area contributed by atoms with Gasteiger partial charge in [0.05, 0.1) is 17.1 Å². The first-order chi connectivity index (χ1) is 10.2. The van der Waals surface area contributed by atoms with E-state index in [1.807, 2.05) is 0 Å². The van der Waals surface area contributed by atoms with Crippen LogP contribution >= 0.6 is 24.0 Å². The normalized spacial score (nSPS) is 25.7. The van der Waals surface area contributed by atoms with Crippen LogP contribution in [-0.4, -0.2) is 69.7 Å². The van der Waals surface area contributed by atoms with Gasteiger partial charge in [0.25, 0.3) is 0 Å². The molecule has 2 heterocycles. The summed E-state index contributed by atoms with van der Waals surface area (Å²) in [6, 6.07) is 0. The molecule has 2 rings (SSSR count). The maximum atomic E-state index is 12.1. The summed E-state index contributed by atoms with van der Waals surface area (Å²) in [4.78, 5) is 6.52. The maximum Gasteiger partial charge on any atom is 0.193 e. The fourth-order valence-corrected chi connectivity index (χ4v) is 4.01. The Kier molecular flexibility index (Phi) is 7.16. The third-order valence-electron chi connectivity index (χ3n) is 4.72. The predicted octanol–water partition coefficient (Wildman–Crippen LogP) is 1.51. The van der Waals surface area contributed by atoms with Crippen LogP contribution in [0.3, 0.4) is 0 Å². The molecule has 0 bridgehead atoms. The first-order valence-corrected chi connectivity index (χ1v) is 9.60. The monoisotopic (exact) mass is 459 g/mol. The zero-order valence-electron chi connectivity index (χ0n) is 14.6.